The molecule has 0 unspecified atom stereocenters. The number of rotatable bonds is 3. The lowest BCUT2D eigenvalue weighted by Crippen LogP contribution is -1.93. The summed E-state index contributed by atoms with van der Waals surface area (Å²) >= 11 is 0. The van der Waals surface area contributed by atoms with Crippen molar-refractivity contribution in [3.63, 3.8) is 0 Å². The number of ether oxygens (including phenoxy) is 3. The zero-order chi connectivity index (χ0) is 14.9. The highest BCUT2D eigenvalue weighted by Gasteiger charge is 2.19. The van der Waals surface area contributed by atoms with E-state index in [1.54, 1.807) is 24.3 Å². The normalized spacial score (nSPS) is 13.1. The van der Waals surface area contributed by atoms with Gasteiger partial charge in [-0.3, -0.25) is 0 Å². The van der Waals surface area contributed by atoms with E-state index >= 15 is 0 Å². The van der Waals surface area contributed by atoms with Crippen LogP contribution in [0.5, 0.6) is 17.2 Å². The SMILES string of the molecule is COc1cc(/C=N\n2cnc3ccccc32)cc2c1OCO2. The maximum Gasteiger partial charge on any atom is 0.231 e. The highest BCUT2D eigenvalue weighted by atomic mass is 16.7. The van der Waals surface area contributed by atoms with E-state index in [1.807, 2.05) is 36.4 Å². The van der Waals surface area contributed by atoms with Crippen LogP contribution >= 0.6 is 0 Å². The van der Waals surface area contributed by atoms with Crippen LogP contribution in [0, 0.1) is 0 Å². The fourth-order valence-corrected chi connectivity index (χ4v) is 2.39. The molecule has 110 valence electrons. The summed E-state index contributed by atoms with van der Waals surface area (Å²) in [6.45, 7) is 0.207. The van der Waals surface area contributed by atoms with E-state index in [0.29, 0.717) is 17.2 Å². The molecule has 6 heteroatoms. The molecule has 2 aromatic carbocycles. The summed E-state index contributed by atoms with van der Waals surface area (Å²) in [4.78, 5) is 4.30. The minimum absolute atomic E-state index is 0.207. The van der Waals surface area contributed by atoms with Gasteiger partial charge in [-0.2, -0.15) is 5.10 Å². The van der Waals surface area contributed by atoms with Gasteiger partial charge < -0.3 is 14.2 Å². The molecule has 1 aromatic heterocycles. The number of benzene rings is 2. The van der Waals surface area contributed by atoms with Crippen LogP contribution in [0.25, 0.3) is 11.0 Å². The Morgan fingerprint density at radius 1 is 1.27 bits per heavy atom. The van der Waals surface area contributed by atoms with Crippen LogP contribution in [-0.2, 0) is 0 Å². The van der Waals surface area contributed by atoms with Gasteiger partial charge in [0.1, 0.15) is 6.33 Å². The Balaban J connectivity index is 1.71. The van der Waals surface area contributed by atoms with E-state index < -0.39 is 0 Å². The van der Waals surface area contributed by atoms with Gasteiger partial charge >= 0.3 is 0 Å². The van der Waals surface area contributed by atoms with Crippen molar-refractivity contribution in [3.8, 4) is 17.2 Å². The lowest BCUT2D eigenvalue weighted by molar-refractivity contribution is 0.171. The molecule has 4 rings (SSSR count). The second-order valence-electron chi connectivity index (χ2n) is 4.78. The second-order valence-corrected chi connectivity index (χ2v) is 4.78. The van der Waals surface area contributed by atoms with Crippen LogP contribution < -0.4 is 14.2 Å². The maximum absolute atomic E-state index is 5.41. The molecule has 0 bridgehead atoms. The number of fused-ring (bicyclic) bond motifs is 2. The molecule has 0 amide bonds. The highest BCUT2D eigenvalue weighted by molar-refractivity contribution is 5.83. The van der Waals surface area contributed by atoms with Gasteiger partial charge in [-0.25, -0.2) is 9.66 Å². The standard InChI is InChI=1S/C16H13N3O3/c1-20-14-6-11(7-15-16(14)22-10-21-15)8-18-19-9-17-12-4-2-3-5-13(12)19/h2-9H,10H2,1H3/b18-8-. The third-order valence-corrected chi connectivity index (χ3v) is 3.45. The van der Waals surface area contributed by atoms with Crippen LogP contribution in [0.2, 0.25) is 0 Å². The Labute approximate surface area is 126 Å². The van der Waals surface area contributed by atoms with Gasteiger partial charge in [0.15, 0.2) is 11.5 Å². The second kappa shape index (κ2) is 5.07. The largest absolute Gasteiger partial charge is 0.493 e. The number of para-hydroxylation sites is 2. The summed E-state index contributed by atoms with van der Waals surface area (Å²) in [7, 11) is 1.60. The van der Waals surface area contributed by atoms with E-state index in [2.05, 4.69) is 10.1 Å². The van der Waals surface area contributed by atoms with Crippen molar-refractivity contribution in [2.75, 3.05) is 13.9 Å². The van der Waals surface area contributed by atoms with Crippen molar-refractivity contribution in [3.05, 3.63) is 48.3 Å². The first-order chi connectivity index (χ1) is 10.8. The maximum atomic E-state index is 5.41. The van der Waals surface area contributed by atoms with E-state index in [4.69, 9.17) is 14.2 Å². The first-order valence-corrected chi connectivity index (χ1v) is 6.79. The smallest absolute Gasteiger partial charge is 0.231 e. The van der Waals surface area contributed by atoms with Gasteiger partial charge in [0, 0.05) is 5.56 Å². The molecule has 0 spiro atoms. The van der Waals surface area contributed by atoms with Crippen LogP contribution in [0.1, 0.15) is 5.56 Å². The zero-order valence-corrected chi connectivity index (χ0v) is 11.9. The molecule has 0 saturated carbocycles. The molecule has 6 nitrogen and oxygen atoms in total. The molecule has 3 aromatic rings. The van der Waals surface area contributed by atoms with Crippen molar-refractivity contribution < 1.29 is 14.2 Å². The number of imidazole rings is 1. The Bertz CT molecular complexity index is 870. The molecule has 0 aliphatic carbocycles. The minimum Gasteiger partial charge on any atom is -0.493 e. The van der Waals surface area contributed by atoms with Gasteiger partial charge in [0.2, 0.25) is 12.5 Å². The molecule has 0 radical (unpaired) electrons. The monoisotopic (exact) mass is 295 g/mol. The zero-order valence-electron chi connectivity index (χ0n) is 11.9. The molecule has 22 heavy (non-hydrogen) atoms. The minimum atomic E-state index is 0.207. The summed E-state index contributed by atoms with van der Waals surface area (Å²) < 4.78 is 17.8. The quantitative estimate of drug-likeness (QED) is 0.697. The third kappa shape index (κ3) is 2.05. The molecular formula is C16H13N3O3. The van der Waals surface area contributed by atoms with Crippen molar-refractivity contribution in [2.45, 2.75) is 0 Å². The Hall–Kier alpha value is -3.02. The molecule has 0 atom stereocenters. The van der Waals surface area contributed by atoms with Crippen LogP contribution in [-0.4, -0.2) is 29.8 Å². The Morgan fingerprint density at radius 3 is 3.09 bits per heavy atom. The van der Waals surface area contributed by atoms with Gasteiger partial charge in [0.25, 0.3) is 0 Å². The van der Waals surface area contributed by atoms with Crippen molar-refractivity contribution in [2.24, 2.45) is 5.10 Å². The predicted molar refractivity (Wildman–Crippen MR) is 81.8 cm³/mol. The molecule has 0 N–H and O–H groups in total. The van der Waals surface area contributed by atoms with Crippen LogP contribution in [0.15, 0.2) is 47.8 Å². The molecule has 0 saturated heterocycles. The Morgan fingerprint density at radius 2 is 2.18 bits per heavy atom. The summed E-state index contributed by atoms with van der Waals surface area (Å²) in [5, 5.41) is 4.44. The Kier molecular flexibility index (Phi) is 2.93. The lowest BCUT2D eigenvalue weighted by Gasteiger charge is -2.05. The summed E-state index contributed by atoms with van der Waals surface area (Å²) in [5.74, 6) is 1.93. The fourth-order valence-electron chi connectivity index (χ4n) is 2.39. The molecule has 0 fully saturated rings. The van der Waals surface area contributed by atoms with Gasteiger partial charge in [0.05, 0.1) is 24.4 Å². The molecule has 1 aliphatic rings. The predicted octanol–water partition coefficient (Wildman–Crippen LogP) is 2.66. The fraction of sp³-hybridized carbons (Fsp3) is 0.125. The van der Waals surface area contributed by atoms with E-state index in [1.165, 1.54) is 0 Å². The van der Waals surface area contributed by atoms with Crippen LogP contribution in [0.3, 0.4) is 0 Å². The number of methoxy groups -OCH3 is 1. The number of aromatic nitrogens is 2. The van der Waals surface area contributed by atoms with Crippen molar-refractivity contribution in [1.29, 1.82) is 0 Å². The molecule has 1 aliphatic heterocycles. The third-order valence-electron chi connectivity index (χ3n) is 3.45. The average molecular weight is 295 g/mol. The summed E-state index contributed by atoms with van der Waals surface area (Å²) in [5.41, 5.74) is 2.72. The van der Waals surface area contributed by atoms with Gasteiger partial charge in [-0.1, -0.05) is 12.1 Å². The molecular weight excluding hydrogens is 282 g/mol. The number of hydrogen-bond acceptors (Lipinski definition) is 5. The number of nitrogens with zero attached hydrogens (tertiary/aromatic N) is 3. The van der Waals surface area contributed by atoms with Gasteiger partial charge in [-0.05, 0) is 24.3 Å². The van der Waals surface area contributed by atoms with E-state index in [9.17, 15) is 0 Å². The molecule has 2 heterocycles. The first-order valence-electron chi connectivity index (χ1n) is 6.79. The first kappa shape index (κ1) is 12.7. The van der Waals surface area contributed by atoms with Crippen molar-refractivity contribution >= 4 is 17.2 Å². The summed E-state index contributed by atoms with van der Waals surface area (Å²) in [6.07, 6.45) is 3.42. The van der Waals surface area contributed by atoms with Crippen LogP contribution in [0.4, 0.5) is 0 Å². The lowest BCUT2D eigenvalue weighted by atomic mass is 10.2. The topological polar surface area (TPSA) is 57.9 Å². The van der Waals surface area contributed by atoms with E-state index in [-0.39, 0.29) is 6.79 Å². The van der Waals surface area contributed by atoms with Crippen molar-refractivity contribution in [1.82, 2.24) is 9.66 Å². The van der Waals surface area contributed by atoms with Gasteiger partial charge in [-0.15, -0.1) is 0 Å². The number of hydrogen-bond donors (Lipinski definition) is 0. The summed E-state index contributed by atoms with van der Waals surface area (Å²) in [6, 6.07) is 11.6. The highest BCUT2D eigenvalue weighted by Crippen LogP contribution is 2.41. The average Bonchev–Trinajstić information content (AvgIpc) is 3.18. The van der Waals surface area contributed by atoms with E-state index in [0.717, 1.165) is 16.6 Å².